The minimum Gasteiger partial charge on any atom is -0.489 e. The van der Waals surface area contributed by atoms with E-state index < -0.39 is 12.1 Å². The Balaban J connectivity index is 1.54. The van der Waals surface area contributed by atoms with Crippen LogP contribution < -0.4 is 21.1 Å². The molecule has 1 saturated heterocycles. The summed E-state index contributed by atoms with van der Waals surface area (Å²) in [5.74, 6) is 0.573. The molecule has 2 aromatic rings. The first kappa shape index (κ1) is 29.6. The fraction of sp³-hybridized carbons (Fsp3) is 0.533. The number of ether oxygens (including phenoxy) is 1. The highest BCUT2D eigenvalue weighted by atomic mass is 16.5. The first-order chi connectivity index (χ1) is 18.3. The van der Waals surface area contributed by atoms with E-state index in [0.717, 1.165) is 56.0 Å². The fourth-order valence-corrected chi connectivity index (χ4v) is 4.51. The highest BCUT2D eigenvalue weighted by Crippen LogP contribution is 2.16. The first-order valence-electron chi connectivity index (χ1n) is 13.8. The maximum absolute atomic E-state index is 13.1. The smallest absolute Gasteiger partial charge is 0.242 e. The molecule has 2 aromatic carbocycles. The second kappa shape index (κ2) is 15.5. The topological polar surface area (TPSA) is 99.9 Å². The van der Waals surface area contributed by atoms with Crippen molar-refractivity contribution in [1.82, 2.24) is 20.4 Å². The number of rotatable bonds is 14. The van der Waals surface area contributed by atoms with Crippen molar-refractivity contribution in [3.8, 4) is 5.75 Å². The maximum atomic E-state index is 13.1. The van der Waals surface area contributed by atoms with Crippen molar-refractivity contribution in [1.29, 1.82) is 0 Å². The zero-order valence-electron chi connectivity index (χ0n) is 23.2. The van der Waals surface area contributed by atoms with Gasteiger partial charge in [-0.15, -0.1) is 0 Å². The zero-order valence-corrected chi connectivity index (χ0v) is 23.2. The van der Waals surface area contributed by atoms with E-state index in [1.807, 2.05) is 68.4 Å². The van der Waals surface area contributed by atoms with Crippen molar-refractivity contribution in [3.05, 3.63) is 65.7 Å². The number of hydrogen-bond acceptors (Lipinski definition) is 6. The van der Waals surface area contributed by atoms with Gasteiger partial charge in [0.15, 0.2) is 0 Å². The van der Waals surface area contributed by atoms with Gasteiger partial charge >= 0.3 is 0 Å². The Morgan fingerprint density at radius 1 is 0.947 bits per heavy atom. The molecule has 38 heavy (non-hydrogen) atoms. The minimum atomic E-state index is -0.694. The number of likely N-dealkylation sites (N-methyl/N-ethyl adjacent to an activating group) is 1. The van der Waals surface area contributed by atoms with Crippen molar-refractivity contribution >= 4 is 11.8 Å². The standard InChI is InChI=1S/C30H45N5O3/c1-23(2)20-27(31)29(36)33-28(30(37)32-14-7-15-35-18-16-34(3)17-19-35)21-24-10-12-26(13-11-24)38-22-25-8-5-4-6-9-25/h4-6,8-13,23,27-28H,7,14-22,31H2,1-3H3,(H,32,37)(H,33,36). The molecule has 0 saturated carbocycles. The molecule has 2 atom stereocenters. The summed E-state index contributed by atoms with van der Waals surface area (Å²) < 4.78 is 5.88. The molecule has 1 aliphatic heterocycles. The number of nitrogens with one attached hydrogen (secondary N) is 2. The van der Waals surface area contributed by atoms with Gasteiger partial charge in [-0.1, -0.05) is 56.3 Å². The number of nitrogens with zero attached hydrogens (tertiary/aromatic N) is 2. The Morgan fingerprint density at radius 3 is 2.29 bits per heavy atom. The number of carbonyl (C=O) groups is 2. The summed E-state index contributed by atoms with van der Waals surface area (Å²) in [7, 11) is 2.14. The quantitative estimate of drug-likeness (QED) is 0.329. The largest absolute Gasteiger partial charge is 0.489 e. The Hall–Kier alpha value is -2.94. The van der Waals surface area contributed by atoms with E-state index in [9.17, 15) is 9.59 Å². The van der Waals surface area contributed by atoms with Crippen molar-refractivity contribution in [2.24, 2.45) is 11.7 Å². The van der Waals surface area contributed by atoms with Gasteiger partial charge in [-0.25, -0.2) is 0 Å². The Morgan fingerprint density at radius 2 is 1.63 bits per heavy atom. The predicted molar refractivity (Wildman–Crippen MR) is 152 cm³/mol. The summed E-state index contributed by atoms with van der Waals surface area (Å²) in [4.78, 5) is 30.7. The van der Waals surface area contributed by atoms with Gasteiger partial charge in [-0.05, 0) is 55.6 Å². The predicted octanol–water partition coefficient (Wildman–Crippen LogP) is 2.42. The monoisotopic (exact) mass is 523 g/mol. The van der Waals surface area contributed by atoms with Crippen molar-refractivity contribution < 1.29 is 14.3 Å². The van der Waals surface area contributed by atoms with Gasteiger partial charge in [0, 0.05) is 39.1 Å². The summed E-state index contributed by atoms with van der Waals surface area (Å²) in [5, 5.41) is 5.93. The molecule has 8 heteroatoms. The molecule has 208 valence electrons. The van der Waals surface area contributed by atoms with Gasteiger partial charge in [0.2, 0.25) is 11.8 Å². The second-order valence-electron chi connectivity index (χ2n) is 10.7. The van der Waals surface area contributed by atoms with Crippen molar-refractivity contribution in [2.45, 2.75) is 51.8 Å². The lowest BCUT2D eigenvalue weighted by Crippen LogP contribution is -2.53. The highest BCUT2D eigenvalue weighted by molar-refractivity contribution is 5.89. The lowest BCUT2D eigenvalue weighted by molar-refractivity contribution is -0.129. The number of nitrogens with two attached hydrogens (primary N) is 1. The molecule has 0 aliphatic carbocycles. The van der Waals surface area contributed by atoms with Crippen LogP contribution in [0, 0.1) is 5.92 Å². The van der Waals surface area contributed by atoms with Crippen LogP contribution in [0.25, 0.3) is 0 Å². The van der Waals surface area contributed by atoms with E-state index in [2.05, 4.69) is 27.5 Å². The van der Waals surface area contributed by atoms with Crippen LogP contribution in [0.4, 0.5) is 0 Å². The molecule has 1 heterocycles. The lowest BCUT2D eigenvalue weighted by Gasteiger charge is -2.32. The van der Waals surface area contributed by atoms with Gasteiger partial charge < -0.3 is 30.9 Å². The van der Waals surface area contributed by atoms with Gasteiger partial charge in [-0.3, -0.25) is 9.59 Å². The molecule has 0 bridgehead atoms. The lowest BCUT2D eigenvalue weighted by atomic mass is 10.0. The Kier molecular flexibility index (Phi) is 12.1. The summed E-state index contributed by atoms with van der Waals surface area (Å²) in [6.45, 7) is 10.3. The molecule has 2 unspecified atom stereocenters. The molecule has 0 aromatic heterocycles. The third-order valence-corrected chi connectivity index (χ3v) is 6.85. The molecule has 2 amide bonds. The average molecular weight is 524 g/mol. The van der Waals surface area contributed by atoms with Gasteiger partial charge in [0.05, 0.1) is 6.04 Å². The number of benzene rings is 2. The van der Waals surface area contributed by atoms with E-state index >= 15 is 0 Å². The number of piperazine rings is 1. The van der Waals surface area contributed by atoms with E-state index in [4.69, 9.17) is 10.5 Å². The minimum absolute atomic E-state index is 0.183. The third-order valence-electron chi connectivity index (χ3n) is 6.85. The number of carbonyl (C=O) groups excluding carboxylic acids is 2. The van der Waals surface area contributed by atoms with Crippen LogP contribution in [0.15, 0.2) is 54.6 Å². The summed E-state index contributed by atoms with van der Waals surface area (Å²) in [5.41, 5.74) is 8.14. The molecular weight excluding hydrogens is 478 g/mol. The molecule has 0 radical (unpaired) electrons. The number of hydrogen-bond donors (Lipinski definition) is 3. The molecular formula is C30H45N5O3. The van der Waals surface area contributed by atoms with Crippen molar-refractivity contribution in [3.63, 3.8) is 0 Å². The molecule has 1 fully saturated rings. The van der Waals surface area contributed by atoms with E-state index in [1.165, 1.54) is 0 Å². The summed E-state index contributed by atoms with van der Waals surface area (Å²) in [6.07, 6.45) is 1.82. The normalized spacial score (nSPS) is 16.1. The first-order valence-corrected chi connectivity index (χ1v) is 13.8. The molecule has 4 N–H and O–H groups in total. The third kappa shape index (κ3) is 10.4. The maximum Gasteiger partial charge on any atom is 0.242 e. The van der Waals surface area contributed by atoms with Crippen molar-refractivity contribution in [2.75, 3.05) is 46.3 Å². The molecule has 0 spiro atoms. The van der Waals surface area contributed by atoms with Crippen LogP contribution in [0.3, 0.4) is 0 Å². The van der Waals surface area contributed by atoms with Crippen LogP contribution in [0.2, 0.25) is 0 Å². The average Bonchev–Trinajstić information content (AvgIpc) is 2.91. The van der Waals surface area contributed by atoms with Gasteiger partial charge in [0.25, 0.3) is 0 Å². The second-order valence-corrected chi connectivity index (χ2v) is 10.7. The van der Waals surface area contributed by atoms with E-state index in [1.54, 1.807) is 0 Å². The zero-order chi connectivity index (χ0) is 27.3. The van der Waals surface area contributed by atoms with Gasteiger partial charge in [-0.2, -0.15) is 0 Å². The van der Waals surface area contributed by atoms with E-state index in [0.29, 0.717) is 31.9 Å². The van der Waals surface area contributed by atoms with Crippen LogP contribution in [0.5, 0.6) is 5.75 Å². The molecule has 1 aliphatic rings. The summed E-state index contributed by atoms with van der Waals surface area (Å²) in [6, 6.07) is 16.3. The van der Waals surface area contributed by atoms with Gasteiger partial charge in [0.1, 0.15) is 18.4 Å². The van der Waals surface area contributed by atoms with Crippen LogP contribution in [-0.2, 0) is 22.6 Å². The summed E-state index contributed by atoms with van der Waals surface area (Å²) >= 11 is 0. The Labute approximate surface area is 227 Å². The number of amides is 2. The Bertz CT molecular complexity index is 975. The van der Waals surface area contributed by atoms with Crippen LogP contribution >= 0.6 is 0 Å². The van der Waals surface area contributed by atoms with Crippen LogP contribution in [-0.4, -0.2) is 80.0 Å². The van der Waals surface area contributed by atoms with E-state index in [-0.39, 0.29) is 11.8 Å². The molecule has 8 nitrogen and oxygen atoms in total. The van der Waals surface area contributed by atoms with Crippen LogP contribution in [0.1, 0.15) is 37.8 Å². The fourth-order valence-electron chi connectivity index (χ4n) is 4.51. The SMILES string of the molecule is CC(C)CC(N)C(=O)NC(Cc1ccc(OCc2ccccc2)cc1)C(=O)NCCCN1CCN(C)CC1. The molecule has 3 rings (SSSR count). The highest BCUT2D eigenvalue weighted by Gasteiger charge is 2.24.